The van der Waals surface area contributed by atoms with Crippen LogP contribution in [0.3, 0.4) is 0 Å². The molecule has 40 heavy (non-hydrogen) atoms. The zero-order valence-corrected chi connectivity index (χ0v) is 23.3. The molecule has 0 saturated heterocycles. The number of halogens is 2. The fourth-order valence-corrected chi connectivity index (χ4v) is 4.68. The van der Waals surface area contributed by atoms with E-state index in [0.717, 1.165) is 5.56 Å². The summed E-state index contributed by atoms with van der Waals surface area (Å²) in [6.45, 7) is 0.0240. The van der Waals surface area contributed by atoms with Crippen LogP contribution in [0.15, 0.2) is 99.3 Å². The summed E-state index contributed by atoms with van der Waals surface area (Å²) in [5.41, 5.74) is 2.03. The van der Waals surface area contributed by atoms with Crippen molar-refractivity contribution in [3.63, 3.8) is 0 Å². The third-order valence-electron chi connectivity index (χ3n) is 5.98. The summed E-state index contributed by atoms with van der Waals surface area (Å²) in [7, 11) is 1.46. The van der Waals surface area contributed by atoms with Crippen molar-refractivity contribution in [1.82, 2.24) is 9.66 Å². The number of para-hydroxylation sites is 1. The second-order valence-electron chi connectivity index (χ2n) is 8.52. The Balaban J connectivity index is 1.53. The highest BCUT2D eigenvalue weighted by Crippen LogP contribution is 2.42. The molecule has 0 N–H and O–H groups in total. The highest BCUT2D eigenvalue weighted by molar-refractivity contribution is 9.10. The summed E-state index contributed by atoms with van der Waals surface area (Å²) >= 11 is 10.1. The highest BCUT2D eigenvalue weighted by atomic mass is 79.9. The van der Waals surface area contributed by atoms with Crippen LogP contribution in [-0.4, -0.2) is 27.9 Å². The van der Waals surface area contributed by atoms with Gasteiger partial charge < -0.3 is 9.47 Å². The van der Waals surface area contributed by atoms with Crippen molar-refractivity contribution in [3.05, 3.63) is 126 Å². The molecular weight excluding hydrogens is 600 g/mol. The van der Waals surface area contributed by atoms with Gasteiger partial charge in [0.25, 0.3) is 11.2 Å². The minimum absolute atomic E-state index is 0.0240. The number of nitro benzene ring substituents is 1. The van der Waals surface area contributed by atoms with Gasteiger partial charge in [-0.2, -0.15) is 9.78 Å². The number of non-ortho nitro benzene ring substituents is 1. The van der Waals surface area contributed by atoms with Crippen molar-refractivity contribution in [2.45, 2.75) is 6.61 Å². The lowest BCUT2D eigenvalue weighted by molar-refractivity contribution is -0.384. The third kappa shape index (κ3) is 5.45. The maximum Gasteiger partial charge on any atom is 0.282 e. The molecule has 0 fully saturated rings. The molecule has 1 heterocycles. The molecule has 5 aromatic rings. The fourth-order valence-electron chi connectivity index (χ4n) is 4.02. The third-order valence-corrected chi connectivity index (χ3v) is 7.42. The maximum absolute atomic E-state index is 13.4. The predicted octanol–water partition coefficient (Wildman–Crippen LogP) is 6.86. The van der Waals surface area contributed by atoms with Crippen molar-refractivity contribution in [3.8, 4) is 22.9 Å². The van der Waals surface area contributed by atoms with Gasteiger partial charge in [0.05, 0.1) is 29.2 Å². The second-order valence-corrected chi connectivity index (χ2v) is 9.69. The number of nitrogens with zero attached hydrogens (tertiary/aromatic N) is 4. The number of benzene rings is 4. The number of aromatic nitrogens is 2. The molecule has 0 bridgehead atoms. The van der Waals surface area contributed by atoms with E-state index in [-0.39, 0.29) is 28.6 Å². The Hall–Kier alpha value is -4.54. The Morgan fingerprint density at radius 1 is 1.07 bits per heavy atom. The molecule has 0 saturated carbocycles. The molecule has 0 atom stereocenters. The number of rotatable bonds is 8. The van der Waals surface area contributed by atoms with Crippen LogP contribution in [-0.2, 0) is 6.61 Å². The Kier molecular flexibility index (Phi) is 7.90. The molecule has 5 rings (SSSR count). The van der Waals surface area contributed by atoms with Crippen LogP contribution in [0, 0.1) is 10.1 Å². The number of nitro groups is 1. The van der Waals surface area contributed by atoms with E-state index in [1.165, 1.54) is 30.1 Å². The molecule has 0 radical (unpaired) electrons. The first-order valence-electron chi connectivity index (χ1n) is 11.9. The first kappa shape index (κ1) is 27.0. The van der Waals surface area contributed by atoms with Crippen LogP contribution in [0.5, 0.6) is 11.5 Å². The van der Waals surface area contributed by atoms with Crippen molar-refractivity contribution in [1.29, 1.82) is 0 Å². The number of hydrogen-bond acceptors (Lipinski definition) is 7. The van der Waals surface area contributed by atoms with Crippen molar-refractivity contribution in [2.24, 2.45) is 5.10 Å². The molecule has 0 amide bonds. The summed E-state index contributed by atoms with van der Waals surface area (Å²) < 4.78 is 13.1. The monoisotopic (exact) mass is 618 g/mol. The quantitative estimate of drug-likeness (QED) is 0.107. The summed E-state index contributed by atoms with van der Waals surface area (Å²) in [5.74, 6) is 0.938. The summed E-state index contributed by atoms with van der Waals surface area (Å²) in [4.78, 5) is 28.8. The molecule has 0 spiro atoms. The first-order valence-corrected chi connectivity index (χ1v) is 13.1. The van der Waals surface area contributed by atoms with Gasteiger partial charge in [0.2, 0.25) is 0 Å². The lowest BCUT2D eigenvalue weighted by Gasteiger charge is -2.15. The van der Waals surface area contributed by atoms with Crippen LogP contribution in [0.1, 0.15) is 11.1 Å². The van der Waals surface area contributed by atoms with Crippen LogP contribution in [0.4, 0.5) is 5.69 Å². The van der Waals surface area contributed by atoms with Crippen molar-refractivity contribution in [2.75, 3.05) is 7.11 Å². The summed E-state index contributed by atoms with van der Waals surface area (Å²) in [6.07, 6.45) is 1.48. The molecule has 11 heteroatoms. The lowest BCUT2D eigenvalue weighted by atomic mass is 10.2. The maximum atomic E-state index is 13.4. The molecule has 4 aromatic carbocycles. The zero-order chi connectivity index (χ0) is 28.2. The van der Waals surface area contributed by atoms with Crippen LogP contribution in [0.2, 0.25) is 5.02 Å². The van der Waals surface area contributed by atoms with Gasteiger partial charge >= 0.3 is 0 Å². The standard InChI is InChI=1S/C29H20BrClN4O5/c1-39-24-15-20(25(30)26(31)27(24)40-17-18-8-7-11-21(14-18)35(37)38)16-32-34-28(19-9-3-2-4-10-19)33-23-13-6-5-12-22(23)29(34)36/h2-16H,17H2,1H3. The van der Waals surface area contributed by atoms with E-state index in [2.05, 4.69) is 21.0 Å². The first-order chi connectivity index (χ1) is 19.4. The zero-order valence-electron chi connectivity index (χ0n) is 21.0. The molecule has 0 unspecified atom stereocenters. The fraction of sp³-hybridized carbons (Fsp3) is 0.0690. The van der Waals surface area contributed by atoms with Gasteiger partial charge in [-0.15, -0.1) is 0 Å². The number of hydrogen-bond donors (Lipinski definition) is 0. The van der Waals surface area contributed by atoms with E-state index in [1.54, 1.807) is 36.4 Å². The predicted molar refractivity (Wildman–Crippen MR) is 158 cm³/mol. The van der Waals surface area contributed by atoms with Crippen LogP contribution in [0.25, 0.3) is 22.3 Å². The van der Waals surface area contributed by atoms with Gasteiger partial charge in [-0.25, -0.2) is 4.98 Å². The Labute approximate surface area is 241 Å². The van der Waals surface area contributed by atoms with Gasteiger partial charge in [-0.05, 0) is 39.7 Å². The van der Waals surface area contributed by atoms with Gasteiger partial charge in [0.1, 0.15) is 11.6 Å². The lowest BCUT2D eigenvalue weighted by Crippen LogP contribution is -2.20. The minimum atomic E-state index is -0.471. The molecule has 200 valence electrons. The van der Waals surface area contributed by atoms with Crippen molar-refractivity contribution >= 4 is 50.3 Å². The molecule has 0 aliphatic rings. The number of fused-ring (bicyclic) bond motifs is 1. The SMILES string of the molecule is COc1cc(C=Nn2c(-c3ccccc3)nc3ccccc3c2=O)c(Br)c(Cl)c1OCc1cccc([N+](=O)[O-])c1. The van der Waals surface area contributed by atoms with Gasteiger partial charge in [-0.3, -0.25) is 14.9 Å². The molecule has 0 aliphatic carbocycles. The number of ether oxygens (including phenoxy) is 2. The van der Waals surface area contributed by atoms with E-state index in [1.807, 2.05) is 36.4 Å². The molecule has 1 aromatic heterocycles. The Morgan fingerprint density at radius 3 is 2.58 bits per heavy atom. The van der Waals surface area contributed by atoms with Gasteiger partial charge in [0, 0.05) is 27.7 Å². The van der Waals surface area contributed by atoms with Gasteiger partial charge in [-0.1, -0.05) is 66.2 Å². The number of methoxy groups -OCH3 is 1. The van der Waals surface area contributed by atoms with Gasteiger partial charge in [0.15, 0.2) is 17.3 Å². The van der Waals surface area contributed by atoms with E-state index >= 15 is 0 Å². The highest BCUT2D eigenvalue weighted by Gasteiger charge is 2.18. The Bertz CT molecular complexity index is 1830. The summed E-state index contributed by atoms with van der Waals surface area (Å²) in [5, 5.41) is 16.2. The summed E-state index contributed by atoms with van der Waals surface area (Å²) in [6, 6.07) is 24.2. The minimum Gasteiger partial charge on any atom is -0.493 e. The van der Waals surface area contributed by atoms with Crippen molar-refractivity contribution < 1.29 is 14.4 Å². The van der Waals surface area contributed by atoms with E-state index in [4.69, 9.17) is 26.1 Å². The van der Waals surface area contributed by atoms with E-state index in [0.29, 0.717) is 38.1 Å². The van der Waals surface area contributed by atoms with Crippen LogP contribution < -0.4 is 15.0 Å². The average molecular weight is 620 g/mol. The van der Waals surface area contributed by atoms with E-state index in [9.17, 15) is 14.9 Å². The molecular formula is C29H20BrClN4O5. The largest absolute Gasteiger partial charge is 0.493 e. The normalized spacial score (nSPS) is 11.2. The second kappa shape index (κ2) is 11.7. The molecule has 0 aliphatic heterocycles. The van der Waals surface area contributed by atoms with E-state index < -0.39 is 4.92 Å². The average Bonchev–Trinajstić information content (AvgIpc) is 2.98. The Morgan fingerprint density at radius 2 is 1.82 bits per heavy atom. The molecule has 9 nitrogen and oxygen atoms in total. The topological polar surface area (TPSA) is 109 Å². The smallest absolute Gasteiger partial charge is 0.282 e. The van der Waals surface area contributed by atoms with Crippen LogP contribution >= 0.6 is 27.5 Å².